The summed E-state index contributed by atoms with van der Waals surface area (Å²) < 4.78 is 12.9. The predicted molar refractivity (Wildman–Crippen MR) is 95.6 cm³/mol. The van der Waals surface area contributed by atoms with Crippen molar-refractivity contribution < 1.29 is 19.1 Å². The zero-order valence-electron chi connectivity index (χ0n) is 14.3. The maximum Gasteiger partial charge on any atom is 0.335 e. The number of likely N-dealkylation sites (tertiary alicyclic amines) is 1. The van der Waals surface area contributed by atoms with Crippen molar-refractivity contribution in [3.63, 3.8) is 0 Å². The number of carbonyl (C=O) groups excluding carboxylic acids is 1. The zero-order chi connectivity index (χ0) is 18.5. The smallest absolute Gasteiger partial charge is 0.335 e. The molecule has 136 valence electrons. The van der Waals surface area contributed by atoms with Gasteiger partial charge in [0.25, 0.3) is 5.91 Å². The minimum absolute atomic E-state index is 0.0918. The van der Waals surface area contributed by atoms with E-state index < -0.39 is 5.97 Å². The minimum atomic E-state index is -0.922. The summed E-state index contributed by atoms with van der Waals surface area (Å²) in [5.41, 5.74) is 1.72. The molecule has 26 heavy (non-hydrogen) atoms. The molecule has 0 bridgehead atoms. The molecule has 3 rings (SSSR count). The van der Waals surface area contributed by atoms with Gasteiger partial charge in [0, 0.05) is 31.2 Å². The number of halogens is 1. The second-order valence-corrected chi connectivity index (χ2v) is 6.54. The van der Waals surface area contributed by atoms with E-state index in [0.29, 0.717) is 17.7 Å². The maximum absolute atomic E-state index is 12.9. The molecule has 1 aliphatic rings. The van der Waals surface area contributed by atoms with Crippen LogP contribution in [0, 0.1) is 5.82 Å². The predicted octanol–water partition coefficient (Wildman–Crippen LogP) is 2.92. The van der Waals surface area contributed by atoms with E-state index in [1.807, 2.05) is 6.07 Å². The van der Waals surface area contributed by atoms with Gasteiger partial charge in [-0.05, 0) is 54.8 Å². The van der Waals surface area contributed by atoms with Crippen LogP contribution in [0.1, 0.15) is 39.1 Å². The van der Waals surface area contributed by atoms with Crippen LogP contribution < -0.4 is 5.32 Å². The molecule has 0 atom stereocenters. The Labute approximate surface area is 151 Å². The van der Waals surface area contributed by atoms with Gasteiger partial charge in [0.2, 0.25) is 0 Å². The first-order valence-corrected chi connectivity index (χ1v) is 8.62. The third kappa shape index (κ3) is 4.67. The quantitative estimate of drug-likeness (QED) is 0.864. The summed E-state index contributed by atoms with van der Waals surface area (Å²) >= 11 is 0. The van der Waals surface area contributed by atoms with Crippen molar-refractivity contribution >= 4 is 11.9 Å². The number of benzene rings is 2. The van der Waals surface area contributed by atoms with Crippen LogP contribution in [0.3, 0.4) is 0 Å². The fourth-order valence-corrected chi connectivity index (χ4v) is 3.17. The van der Waals surface area contributed by atoms with Gasteiger partial charge in [0.1, 0.15) is 5.82 Å². The number of nitrogens with one attached hydrogen (secondary N) is 1. The maximum atomic E-state index is 12.9. The lowest BCUT2D eigenvalue weighted by Gasteiger charge is -2.32. The number of rotatable bonds is 5. The van der Waals surface area contributed by atoms with Gasteiger partial charge in [-0.25, -0.2) is 9.18 Å². The SMILES string of the molecule is O=C(O)c1cccc(CN2CCC(NC(=O)c3ccc(F)cc3)CC2)c1. The largest absolute Gasteiger partial charge is 0.478 e. The summed E-state index contributed by atoms with van der Waals surface area (Å²) in [5, 5.41) is 12.1. The summed E-state index contributed by atoms with van der Waals surface area (Å²) in [4.78, 5) is 25.5. The average molecular weight is 356 g/mol. The van der Waals surface area contributed by atoms with E-state index in [2.05, 4.69) is 10.2 Å². The van der Waals surface area contributed by atoms with E-state index in [9.17, 15) is 14.0 Å². The van der Waals surface area contributed by atoms with Crippen molar-refractivity contribution in [1.82, 2.24) is 10.2 Å². The second kappa shape index (κ2) is 8.10. The molecule has 2 aromatic rings. The average Bonchev–Trinajstić information content (AvgIpc) is 2.64. The Morgan fingerprint density at radius 3 is 2.42 bits per heavy atom. The fourth-order valence-electron chi connectivity index (χ4n) is 3.17. The molecule has 2 aromatic carbocycles. The number of aromatic carboxylic acids is 1. The number of piperidine rings is 1. The molecule has 1 saturated heterocycles. The number of hydrogen-bond acceptors (Lipinski definition) is 3. The van der Waals surface area contributed by atoms with E-state index in [0.717, 1.165) is 31.5 Å². The van der Waals surface area contributed by atoms with Crippen LogP contribution in [0.15, 0.2) is 48.5 Å². The molecular weight excluding hydrogens is 335 g/mol. The summed E-state index contributed by atoms with van der Waals surface area (Å²) in [5.74, 6) is -1.46. The van der Waals surface area contributed by atoms with E-state index in [1.165, 1.54) is 24.3 Å². The third-order valence-corrected chi connectivity index (χ3v) is 4.61. The molecule has 1 heterocycles. The van der Waals surface area contributed by atoms with Crippen molar-refractivity contribution in [3.05, 3.63) is 71.0 Å². The van der Waals surface area contributed by atoms with Crippen LogP contribution in [0.5, 0.6) is 0 Å². The van der Waals surface area contributed by atoms with E-state index >= 15 is 0 Å². The van der Waals surface area contributed by atoms with Crippen LogP contribution in [0.4, 0.5) is 4.39 Å². The van der Waals surface area contributed by atoms with E-state index in [1.54, 1.807) is 18.2 Å². The van der Waals surface area contributed by atoms with Crippen LogP contribution in [-0.2, 0) is 6.54 Å². The highest BCUT2D eigenvalue weighted by Gasteiger charge is 2.21. The summed E-state index contributed by atoms with van der Waals surface area (Å²) in [6.07, 6.45) is 1.65. The Hall–Kier alpha value is -2.73. The number of amides is 1. The minimum Gasteiger partial charge on any atom is -0.478 e. The number of carboxylic acid groups (broad SMARTS) is 1. The normalized spacial score (nSPS) is 15.6. The van der Waals surface area contributed by atoms with Crippen LogP contribution in [0.2, 0.25) is 0 Å². The molecule has 1 aliphatic heterocycles. The molecular formula is C20H21FN2O3. The topological polar surface area (TPSA) is 69.6 Å². The Balaban J connectivity index is 1.49. The second-order valence-electron chi connectivity index (χ2n) is 6.54. The molecule has 0 aromatic heterocycles. The highest BCUT2D eigenvalue weighted by atomic mass is 19.1. The highest BCUT2D eigenvalue weighted by Crippen LogP contribution is 2.15. The Bertz CT molecular complexity index is 784. The standard InChI is InChI=1S/C20H21FN2O3/c21-17-6-4-15(5-7-17)19(24)22-18-8-10-23(11-9-18)13-14-2-1-3-16(12-14)20(25)26/h1-7,12,18H,8-11,13H2,(H,22,24)(H,25,26). The van der Waals surface area contributed by atoms with Crippen LogP contribution in [-0.4, -0.2) is 41.0 Å². The molecule has 0 radical (unpaired) electrons. The van der Waals surface area contributed by atoms with Gasteiger partial charge in [0.05, 0.1) is 5.56 Å². The molecule has 0 aliphatic carbocycles. The van der Waals surface area contributed by atoms with Crippen LogP contribution in [0.25, 0.3) is 0 Å². The molecule has 0 spiro atoms. The molecule has 5 nitrogen and oxygen atoms in total. The zero-order valence-corrected chi connectivity index (χ0v) is 14.3. The van der Waals surface area contributed by atoms with Gasteiger partial charge in [-0.2, -0.15) is 0 Å². The third-order valence-electron chi connectivity index (χ3n) is 4.61. The van der Waals surface area contributed by atoms with E-state index in [-0.39, 0.29) is 17.8 Å². The molecule has 0 saturated carbocycles. The van der Waals surface area contributed by atoms with Crippen molar-refractivity contribution in [1.29, 1.82) is 0 Å². The summed E-state index contributed by atoms with van der Waals surface area (Å²) in [6.45, 7) is 2.34. The van der Waals surface area contributed by atoms with Gasteiger partial charge < -0.3 is 10.4 Å². The Morgan fingerprint density at radius 1 is 1.08 bits per heavy atom. The van der Waals surface area contributed by atoms with Gasteiger partial charge in [-0.15, -0.1) is 0 Å². The van der Waals surface area contributed by atoms with Gasteiger partial charge in [-0.3, -0.25) is 9.69 Å². The van der Waals surface area contributed by atoms with Crippen LogP contribution >= 0.6 is 0 Å². The monoisotopic (exact) mass is 356 g/mol. The number of carbonyl (C=O) groups is 2. The molecule has 0 unspecified atom stereocenters. The Kier molecular flexibility index (Phi) is 5.63. The first-order chi connectivity index (χ1) is 12.5. The summed E-state index contributed by atoms with van der Waals surface area (Å²) in [6, 6.07) is 12.6. The number of hydrogen-bond donors (Lipinski definition) is 2. The molecule has 1 amide bonds. The van der Waals surface area contributed by atoms with Crippen molar-refractivity contribution in [3.8, 4) is 0 Å². The number of nitrogens with zero attached hydrogens (tertiary/aromatic N) is 1. The Morgan fingerprint density at radius 2 is 1.77 bits per heavy atom. The lowest BCUT2D eigenvalue weighted by molar-refractivity contribution is 0.0696. The van der Waals surface area contributed by atoms with Gasteiger partial charge in [-0.1, -0.05) is 12.1 Å². The fraction of sp³-hybridized carbons (Fsp3) is 0.300. The highest BCUT2D eigenvalue weighted by molar-refractivity contribution is 5.94. The van der Waals surface area contributed by atoms with Crippen molar-refractivity contribution in [2.24, 2.45) is 0 Å². The first kappa shape index (κ1) is 18.1. The van der Waals surface area contributed by atoms with Gasteiger partial charge in [0.15, 0.2) is 0 Å². The molecule has 2 N–H and O–H groups in total. The van der Waals surface area contributed by atoms with Gasteiger partial charge >= 0.3 is 5.97 Å². The number of carboxylic acids is 1. The first-order valence-electron chi connectivity index (χ1n) is 8.62. The lowest BCUT2D eigenvalue weighted by atomic mass is 10.0. The molecule has 6 heteroatoms. The summed E-state index contributed by atoms with van der Waals surface area (Å²) in [7, 11) is 0. The van der Waals surface area contributed by atoms with Crippen molar-refractivity contribution in [2.45, 2.75) is 25.4 Å². The van der Waals surface area contributed by atoms with Crippen molar-refractivity contribution in [2.75, 3.05) is 13.1 Å². The lowest BCUT2D eigenvalue weighted by Crippen LogP contribution is -2.44. The van der Waals surface area contributed by atoms with E-state index in [4.69, 9.17) is 5.11 Å². The molecule has 1 fully saturated rings.